The molecule has 0 bridgehead atoms. The van der Waals surface area contributed by atoms with E-state index in [1.54, 1.807) is 29.4 Å². The number of ether oxygens (including phenoxy) is 1. The van der Waals surface area contributed by atoms with Crippen molar-refractivity contribution in [3.63, 3.8) is 0 Å². The third-order valence-electron chi connectivity index (χ3n) is 4.04. The van der Waals surface area contributed by atoms with Crippen molar-refractivity contribution in [2.24, 2.45) is 0 Å². The molecule has 2 aromatic rings. The van der Waals surface area contributed by atoms with Crippen LogP contribution in [0, 0.1) is 0 Å². The van der Waals surface area contributed by atoms with Gasteiger partial charge in [-0.3, -0.25) is 14.8 Å². The second-order valence-electron chi connectivity index (χ2n) is 5.85. The topological polar surface area (TPSA) is 75.5 Å². The summed E-state index contributed by atoms with van der Waals surface area (Å²) < 4.78 is 5.68. The van der Waals surface area contributed by atoms with E-state index in [-0.39, 0.29) is 18.6 Å². The SMILES string of the molecule is O=C(c1cc(CO)ccn1)N(Cc1ccccn1)CC1CCCO1. The summed E-state index contributed by atoms with van der Waals surface area (Å²) in [6.45, 7) is 1.55. The molecule has 0 aliphatic carbocycles. The lowest BCUT2D eigenvalue weighted by Crippen LogP contribution is -2.37. The van der Waals surface area contributed by atoms with Crippen molar-refractivity contribution in [2.75, 3.05) is 13.2 Å². The standard InChI is InChI=1S/C18H21N3O3/c22-13-14-6-8-20-17(10-14)18(23)21(12-16-5-3-9-24-16)11-15-4-1-2-7-19-15/h1-2,4,6-8,10,16,22H,3,5,9,11-13H2. The van der Waals surface area contributed by atoms with Gasteiger partial charge in [0.05, 0.1) is 24.9 Å². The zero-order valence-electron chi connectivity index (χ0n) is 13.5. The minimum atomic E-state index is -0.175. The first-order valence-electron chi connectivity index (χ1n) is 8.13. The van der Waals surface area contributed by atoms with Crippen molar-refractivity contribution >= 4 is 5.91 Å². The largest absolute Gasteiger partial charge is 0.392 e. The molecule has 1 aliphatic rings. The van der Waals surface area contributed by atoms with Crippen molar-refractivity contribution in [1.82, 2.24) is 14.9 Å². The van der Waals surface area contributed by atoms with Gasteiger partial charge in [0.25, 0.3) is 5.91 Å². The summed E-state index contributed by atoms with van der Waals surface area (Å²) in [5.74, 6) is -0.175. The summed E-state index contributed by atoms with van der Waals surface area (Å²) in [5.41, 5.74) is 1.82. The number of carbonyl (C=O) groups is 1. The second-order valence-corrected chi connectivity index (χ2v) is 5.85. The normalized spacial score (nSPS) is 17.0. The van der Waals surface area contributed by atoms with Crippen molar-refractivity contribution in [2.45, 2.75) is 32.1 Å². The molecule has 3 heterocycles. The van der Waals surface area contributed by atoms with Gasteiger partial charge < -0.3 is 14.7 Å². The van der Waals surface area contributed by atoms with Crippen LogP contribution in [-0.4, -0.2) is 45.1 Å². The number of carbonyl (C=O) groups excluding carboxylic acids is 1. The number of nitrogens with zero attached hydrogens (tertiary/aromatic N) is 3. The van der Waals surface area contributed by atoms with Crippen LogP contribution in [0.2, 0.25) is 0 Å². The molecule has 6 nitrogen and oxygen atoms in total. The number of hydrogen-bond acceptors (Lipinski definition) is 5. The molecule has 2 aromatic heterocycles. The molecule has 1 amide bonds. The van der Waals surface area contributed by atoms with E-state index < -0.39 is 0 Å². The number of rotatable bonds is 6. The summed E-state index contributed by atoms with van der Waals surface area (Å²) in [6.07, 6.45) is 5.29. The Balaban J connectivity index is 1.80. The minimum absolute atomic E-state index is 0.0543. The van der Waals surface area contributed by atoms with Crippen LogP contribution in [0.25, 0.3) is 0 Å². The molecule has 24 heavy (non-hydrogen) atoms. The molecule has 126 valence electrons. The Kier molecular flexibility index (Phi) is 5.51. The molecule has 6 heteroatoms. The highest BCUT2D eigenvalue weighted by Crippen LogP contribution is 2.16. The van der Waals surface area contributed by atoms with Gasteiger partial charge in [-0.1, -0.05) is 6.07 Å². The summed E-state index contributed by atoms with van der Waals surface area (Å²) in [5, 5.41) is 9.26. The summed E-state index contributed by atoms with van der Waals surface area (Å²) in [4.78, 5) is 23.1. The van der Waals surface area contributed by atoms with Gasteiger partial charge in [-0.15, -0.1) is 0 Å². The molecule has 1 aliphatic heterocycles. The van der Waals surface area contributed by atoms with Crippen LogP contribution in [0.4, 0.5) is 0 Å². The molecule has 0 saturated carbocycles. The summed E-state index contributed by atoms with van der Waals surface area (Å²) >= 11 is 0. The molecule has 1 unspecified atom stereocenters. The third kappa shape index (κ3) is 4.15. The van der Waals surface area contributed by atoms with Gasteiger partial charge in [-0.25, -0.2) is 0 Å². The first kappa shape index (κ1) is 16.5. The lowest BCUT2D eigenvalue weighted by Gasteiger charge is -2.25. The Labute approximate surface area is 141 Å². The Bertz CT molecular complexity index is 672. The van der Waals surface area contributed by atoms with Crippen molar-refractivity contribution in [1.29, 1.82) is 0 Å². The number of aromatic nitrogens is 2. The number of aliphatic hydroxyl groups excluding tert-OH is 1. The average molecular weight is 327 g/mol. The summed E-state index contributed by atoms with van der Waals surface area (Å²) in [6, 6.07) is 8.97. The Morgan fingerprint density at radius 1 is 1.29 bits per heavy atom. The van der Waals surface area contributed by atoms with Crippen molar-refractivity contribution < 1.29 is 14.6 Å². The highest BCUT2D eigenvalue weighted by molar-refractivity contribution is 5.92. The highest BCUT2D eigenvalue weighted by atomic mass is 16.5. The summed E-state index contributed by atoms with van der Waals surface area (Å²) in [7, 11) is 0. The van der Waals surface area contributed by atoms with Gasteiger partial charge in [0, 0.05) is 25.5 Å². The predicted octanol–water partition coefficient (Wildman–Crippen LogP) is 1.79. The van der Waals surface area contributed by atoms with E-state index in [1.807, 2.05) is 18.2 Å². The fraction of sp³-hybridized carbons (Fsp3) is 0.389. The Morgan fingerprint density at radius 2 is 2.21 bits per heavy atom. The molecule has 1 saturated heterocycles. The fourth-order valence-electron chi connectivity index (χ4n) is 2.79. The lowest BCUT2D eigenvalue weighted by molar-refractivity contribution is 0.0500. The number of hydrogen-bond donors (Lipinski definition) is 1. The van der Waals surface area contributed by atoms with E-state index in [2.05, 4.69) is 9.97 Å². The van der Waals surface area contributed by atoms with Crippen LogP contribution < -0.4 is 0 Å². The monoisotopic (exact) mass is 327 g/mol. The minimum Gasteiger partial charge on any atom is -0.392 e. The molecular weight excluding hydrogens is 306 g/mol. The Hall–Kier alpha value is -2.31. The molecule has 3 rings (SSSR count). The van der Waals surface area contributed by atoms with Crippen LogP contribution in [0.3, 0.4) is 0 Å². The van der Waals surface area contributed by atoms with Gasteiger partial charge in [0.2, 0.25) is 0 Å². The highest BCUT2D eigenvalue weighted by Gasteiger charge is 2.24. The van der Waals surface area contributed by atoms with E-state index in [4.69, 9.17) is 4.74 Å². The van der Waals surface area contributed by atoms with Crippen LogP contribution in [-0.2, 0) is 17.9 Å². The first-order valence-corrected chi connectivity index (χ1v) is 8.13. The molecule has 0 spiro atoms. The van der Waals surface area contributed by atoms with E-state index in [9.17, 15) is 9.90 Å². The van der Waals surface area contributed by atoms with E-state index in [0.717, 1.165) is 25.1 Å². The van der Waals surface area contributed by atoms with Crippen molar-refractivity contribution in [3.8, 4) is 0 Å². The molecule has 1 fully saturated rings. The van der Waals surface area contributed by atoms with Gasteiger partial charge in [-0.2, -0.15) is 0 Å². The first-order chi connectivity index (χ1) is 11.8. The maximum absolute atomic E-state index is 12.9. The van der Waals surface area contributed by atoms with Crippen LogP contribution >= 0.6 is 0 Å². The molecular formula is C18H21N3O3. The number of amides is 1. The van der Waals surface area contributed by atoms with Gasteiger partial charge in [0.1, 0.15) is 5.69 Å². The van der Waals surface area contributed by atoms with E-state index >= 15 is 0 Å². The Morgan fingerprint density at radius 3 is 2.92 bits per heavy atom. The quantitative estimate of drug-likeness (QED) is 0.875. The molecule has 0 aromatic carbocycles. The second kappa shape index (κ2) is 7.99. The predicted molar refractivity (Wildman–Crippen MR) is 88.1 cm³/mol. The van der Waals surface area contributed by atoms with Crippen molar-refractivity contribution in [3.05, 3.63) is 59.7 Å². The van der Waals surface area contributed by atoms with Gasteiger partial charge in [0.15, 0.2) is 0 Å². The number of pyridine rings is 2. The average Bonchev–Trinajstić information content (AvgIpc) is 3.14. The van der Waals surface area contributed by atoms with E-state index in [0.29, 0.717) is 24.3 Å². The van der Waals surface area contributed by atoms with Crippen LogP contribution in [0.5, 0.6) is 0 Å². The fourth-order valence-corrected chi connectivity index (χ4v) is 2.79. The van der Waals surface area contributed by atoms with Crippen LogP contribution in [0.15, 0.2) is 42.7 Å². The van der Waals surface area contributed by atoms with Gasteiger partial charge >= 0.3 is 0 Å². The zero-order valence-corrected chi connectivity index (χ0v) is 13.5. The third-order valence-corrected chi connectivity index (χ3v) is 4.04. The van der Waals surface area contributed by atoms with E-state index in [1.165, 1.54) is 0 Å². The smallest absolute Gasteiger partial charge is 0.272 e. The van der Waals surface area contributed by atoms with Gasteiger partial charge in [-0.05, 0) is 42.7 Å². The maximum atomic E-state index is 12.9. The zero-order chi connectivity index (χ0) is 16.8. The lowest BCUT2D eigenvalue weighted by atomic mass is 10.2. The molecule has 1 N–H and O–H groups in total. The molecule has 1 atom stereocenters. The number of aliphatic hydroxyl groups is 1. The van der Waals surface area contributed by atoms with Crippen LogP contribution in [0.1, 0.15) is 34.6 Å². The maximum Gasteiger partial charge on any atom is 0.272 e. The molecule has 0 radical (unpaired) electrons.